The number of carbonyl (C=O) groups excluding carboxylic acids is 4. The number of nitrogens with two attached hydrogens (primary N) is 4. The van der Waals surface area contributed by atoms with Crippen molar-refractivity contribution in [2.45, 2.75) is 56.3 Å². The molecule has 0 saturated heterocycles. The topological polar surface area (TPSA) is 274 Å². The molecule has 1 aromatic heterocycles. The summed E-state index contributed by atoms with van der Waals surface area (Å²) < 4.78 is 0. The fraction of sp³-hybridized carbons (Fsp3) is 0.440. The molecule has 1 heterocycles. The van der Waals surface area contributed by atoms with Gasteiger partial charge in [0.25, 0.3) is 0 Å². The number of para-hydroxylation sites is 1. The number of hydrogen-bond acceptors (Lipinski definition) is 8. The van der Waals surface area contributed by atoms with Crippen LogP contribution in [0.3, 0.4) is 0 Å². The molecule has 0 spiro atoms. The van der Waals surface area contributed by atoms with E-state index in [1.165, 1.54) is 0 Å². The molecule has 4 atom stereocenters. The average molecular weight is 592 g/mol. The SMILES string of the molecule is NC(=O)CCC(NC(=O)C(N)Cc1c[nH]c2ccccc12)C(=O)NC(CCCN=C(N)N)C(=O)NC(CS)C(=O)O. The van der Waals surface area contributed by atoms with Gasteiger partial charge >= 0.3 is 5.97 Å². The maximum absolute atomic E-state index is 13.2. The molecule has 16 heteroatoms. The number of hydrogen-bond donors (Lipinski definition) is 10. The van der Waals surface area contributed by atoms with Crippen LogP contribution in [-0.4, -0.2) is 82.1 Å². The number of amides is 4. The summed E-state index contributed by atoms with van der Waals surface area (Å²) in [6.45, 7) is 0.140. The molecule has 1 aromatic carbocycles. The summed E-state index contributed by atoms with van der Waals surface area (Å²) in [7, 11) is 0. The maximum Gasteiger partial charge on any atom is 0.327 e. The third kappa shape index (κ3) is 10.6. The van der Waals surface area contributed by atoms with Crippen molar-refractivity contribution < 1.29 is 29.1 Å². The monoisotopic (exact) mass is 591 g/mol. The van der Waals surface area contributed by atoms with Crippen molar-refractivity contribution in [2.24, 2.45) is 27.9 Å². The Morgan fingerprint density at radius 1 is 0.927 bits per heavy atom. The van der Waals surface area contributed by atoms with Crippen LogP contribution < -0.4 is 38.9 Å². The van der Waals surface area contributed by atoms with Crippen LogP contribution in [0, 0.1) is 0 Å². The molecule has 2 aromatic rings. The summed E-state index contributed by atoms with van der Waals surface area (Å²) >= 11 is 3.93. The van der Waals surface area contributed by atoms with E-state index in [1.54, 1.807) is 6.20 Å². The molecule has 15 nitrogen and oxygen atoms in total. The Kier molecular flexibility index (Phi) is 12.9. The van der Waals surface area contributed by atoms with E-state index < -0.39 is 53.8 Å². The highest BCUT2D eigenvalue weighted by Gasteiger charge is 2.30. The van der Waals surface area contributed by atoms with Crippen molar-refractivity contribution in [2.75, 3.05) is 12.3 Å². The Hall–Kier alpha value is -4.31. The third-order valence-electron chi connectivity index (χ3n) is 6.14. The summed E-state index contributed by atoms with van der Waals surface area (Å²) in [5, 5.41) is 17.5. The van der Waals surface area contributed by atoms with Gasteiger partial charge in [0.2, 0.25) is 23.6 Å². The van der Waals surface area contributed by atoms with Crippen molar-refractivity contribution >= 4 is 59.1 Å². The van der Waals surface area contributed by atoms with Crippen LogP contribution in [0.4, 0.5) is 0 Å². The van der Waals surface area contributed by atoms with Gasteiger partial charge in [0.15, 0.2) is 5.96 Å². The molecule has 13 N–H and O–H groups in total. The minimum atomic E-state index is -1.31. The van der Waals surface area contributed by atoms with Crippen LogP contribution >= 0.6 is 12.6 Å². The maximum atomic E-state index is 13.2. The standard InChI is InChI=1S/C25H37N9O6S/c26-15(10-13-11-31-16-5-2-1-4-14(13)16)21(36)32-18(7-8-20(27)35)23(38)33-17(6-3-9-30-25(28)29)22(37)34-19(12-41)24(39)40/h1-2,4-5,11,15,17-19,31,41H,3,6-10,12,26H2,(H2,27,35)(H,32,36)(H,33,38)(H,34,37)(H,39,40)(H4,28,29,30). The lowest BCUT2D eigenvalue weighted by Gasteiger charge is -2.25. The number of fused-ring (bicyclic) bond motifs is 1. The molecule has 0 radical (unpaired) electrons. The van der Waals surface area contributed by atoms with E-state index in [0.29, 0.717) is 0 Å². The number of thiol groups is 1. The minimum absolute atomic E-state index is 0.0316. The Morgan fingerprint density at radius 3 is 2.15 bits per heavy atom. The van der Waals surface area contributed by atoms with E-state index in [1.807, 2.05) is 24.3 Å². The Balaban J connectivity index is 2.16. The van der Waals surface area contributed by atoms with E-state index in [-0.39, 0.29) is 50.4 Å². The van der Waals surface area contributed by atoms with Gasteiger partial charge in [0.1, 0.15) is 18.1 Å². The lowest BCUT2D eigenvalue weighted by molar-refractivity contribution is -0.141. The number of carbonyl (C=O) groups is 5. The molecule has 224 valence electrons. The number of aromatic amines is 1. The van der Waals surface area contributed by atoms with Crippen molar-refractivity contribution in [3.8, 4) is 0 Å². The second-order valence-electron chi connectivity index (χ2n) is 9.33. The molecule has 2 rings (SSSR count). The molecule has 41 heavy (non-hydrogen) atoms. The first-order valence-electron chi connectivity index (χ1n) is 12.8. The first-order valence-corrected chi connectivity index (χ1v) is 13.4. The Morgan fingerprint density at radius 2 is 1.54 bits per heavy atom. The number of benzene rings is 1. The second-order valence-corrected chi connectivity index (χ2v) is 9.69. The Labute approximate surface area is 241 Å². The average Bonchev–Trinajstić information content (AvgIpc) is 3.32. The van der Waals surface area contributed by atoms with Crippen molar-refractivity contribution in [1.29, 1.82) is 0 Å². The largest absolute Gasteiger partial charge is 0.480 e. The molecule has 0 fully saturated rings. The fourth-order valence-electron chi connectivity index (χ4n) is 3.97. The van der Waals surface area contributed by atoms with Gasteiger partial charge in [-0.2, -0.15) is 12.6 Å². The van der Waals surface area contributed by atoms with Gasteiger partial charge in [-0.25, -0.2) is 4.79 Å². The second kappa shape index (κ2) is 16.1. The summed E-state index contributed by atoms with van der Waals surface area (Å²) in [5.41, 5.74) is 23.7. The number of aromatic nitrogens is 1. The quantitative estimate of drug-likeness (QED) is 0.0414. The van der Waals surface area contributed by atoms with E-state index in [0.717, 1.165) is 16.5 Å². The fourth-order valence-corrected chi connectivity index (χ4v) is 4.21. The van der Waals surface area contributed by atoms with Crippen LogP contribution in [0.5, 0.6) is 0 Å². The smallest absolute Gasteiger partial charge is 0.327 e. The number of nitrogens with zero attached hydrogens (tertiary/aromatic N) is 1. The highest BCUT2D eigenvalue weighted by Crippen LogP contribution is 2.19. The van der Waals surface area contributed by atoms with Gasteiger partial charge in [0.05, 0.1) is 6.04 Å². The van der Waals surface area contributed by atoms with Gasteiger partial charge in [-0.15, -0.1) is 0 Å². The summed E-state index contributed by atoms with van der Waals surface area (Å²) in [6, 6.07) is 2.66. The molecule has 0 bridgehead atoms. The normalized spacial score (nSPS) is 13.8. The number of nitrogens with one attached hydrogen (secondary N) is 4. The van der Waals surface area contributed by atoms with Gasteiger partial charge in [0, 0.05) is 35.8 Å². The molecule has 0 saturated carbocycles. The molecular weight excluding hydrogens is 554 g/mol. The predicted molar refractivity (Wildman–Crippen MR) is 156 cm³/mol. The Bertz CT molecular complexity index is 1260. The zero-order valence-corrected chi connectivity index (χ0v) is 23.2. The molecule has 0 aliphatic heterocycles. The number of primary amides is 1. The van der Waals surface area contributed by atoms with Crippen molar-refractivity contribution in [3.63, 3.8) is 0 Å². The number of H-pyrrole nitrogens is 1. The van der Waals surface area contributed by atoms with E-state index >= 15 is 0 Å². The summed E-state index contributed by atoms with van der Waals surface area (Å²) in [6.07, 6.45) is 1.79. The highest BCUT2D eigenvalue weighted by molar-refractivity contribution is 7.80. The third-order valence-corrected chi connectivity index (χ3v) is 6.50. The molecule has 0 aliphatic carbocycles. The zero-order valence-electron chi connectivity index (χ0n) is 22.3. The number of guanidine groups is 1. The zero-order chi connectivity index (χ0) is 30.5. The van der Waals surface area contributed by atoms with Crippen molar-refractivity contribution in [1.82, 2.24) is 20.9 Å². The summed E-state index contributed by atoms with van der Waals surface area (Å²) in [4.78, 5) is 68.9. The van der Waals surface area contributed by atoms with E-state index in [2.05, 4.69) is 38.6 Å². The van der Waals surface area contributed by atoms with E-state index in [4.69, 9.17) is 22.9 Å². The molecular formula is C25H37N9O6S. The first-order chi connectivity index (χ1) is 19.4. The van der Waals surface area contributed by atoms with Crippen molar-refractivity contribution in [3.05, 3.63) is 36.0 Å². The lowest BCUT2D eigenvalue weighted by atomic mass is 10.0. The van der Waals surface area contributed by atoms with Gasteiger partial charge < -0.3 is 49.0 Å². The van der Waals surface area contributed by atoms with Crippen LogP contribution in [0.1, 0.15) is 31.2 Å². The van der Waals surface area contributed by atoms with Gasteiger partial charge in [-0.1, -0.05) is 18.2 Å². The minimum Gasteiger partial charge on any atom is -0.480 e. The lowest BCUT2D eigenvalue weighted by Crippen LogP contribution is -2.57. The van der Waals surface area contributed by atoms with Gasteiger partial charge in [-0.3, -0.25) is 24.2 Å². The van der Waals surface area contributed by atoms with Crippen LogP contribution in [0.15, 0.2) is 35.5 Å². The first kappa shape index (κ1) is 32.9. The van der Waals surface area contributed by atoms with Crippen LogP contribution in [-0.2, 0) is 30.4 Å². The number of rotatable bonds is 17. The number of aliphatic carboxylic acids is 1. The number of carboxylic acid groups (broad SMARTS) is 1. The highest BCUT2D eigenvalue weighted by atomic mass is 32.1. The van der Waals surface area contributed by atoms with E-state index in [9.17, 15) is 29.1 Å². The van der Waals surface area contributed by atoms with Crippen LogP contribution in [0.2, 0.25) is 0 Å². The molecule has 4 amide bonds. The molecule has 4 unspecified atom stereocenters. The predicted octanol–water partition coefficient (Wildman–Crippen LogP) is -2.17. The van der Waals surface area contributed by atoms with Gasteiger partial charge in [-0.05, 0) is 37.3 Å². The number of aliphatic imine (C=N–C) groups is 1. The number of carboxylic acids is 1. The summed E-state index contributed by atoms with van der Waals surface area (Å²) in [5.74, 6) is -4.61. The van der Waals surface area contributed by atoms with Crippen LogP contribution in [0.25, 0.3) is 10.9 Å². The molecule has 0 aliphatic rings.